The van der Waals surface area contributed by atoms with Crippen molar-refractivity contribution in [1.82, 2.24) is 5.32 Å². The average molecular weight is 278 g/mol. The molecule has 0 saturated carbocycles. The third-order valence-corrected chi connectivity index (χ3v) is 3.78. The third kappa shape index (κ3) is 3.57. The Balaban J connectivity index is 2.22. The summed E-state index contributed by atoms with van der Waals surface area (Å²) in [4.78, 5) is 2.46. The van der Waals surface area contributed by atoms with E-state index in [1.807, 2.05) is 6.07 Å². The molecule has 1 aromatic carbocycles. The molecule has 0 aromatic heterocycles. The summed E-state index contributed by atoms with van der Waals surface area (Å²) in [5.41, 5.74) is 1.21. The van der Waals surface area contributed by atoms with Crippen LogP contribution in [-0.2, 0) is 0 Å². The fourth-order valence-electron chi connectivity index (χ4n) is 2.76. The van der Waals surface area contributed by atoms with Gasteiger partial charge >= 0.3 is 0 Å². The molecule has 4 nitrogen and oxygen atoms in total. The molecular weight excluding hydrogens is 252 g/mol. The van der Waals surface area contributed by atoms with Gasteiger partial charge in [0.25, 0.3) is 0 Å². The van der Waals surface area contributed by atoms with Gasteiger partial charge in [0.2, 0.25) is 0 Å². The number of anilines is 1. The Morgan fingerprint density at radius 1 is 1.00 bits per heavy atom. The molecular formula is C16H26N2O2. The summed E-state index contributed by atoms with van der Waals surface area (Å²) in [5, 5.41) is 3.53. The van der Waals surface area contributed by atoms with E-state index in [0.717, 1.165) is 37.7 Å². The van der Waals surface area contributed by atoms with E-state index in [0.29, 0.717) is 11.8 Å². The maximum Gasteiger partial charge on any atom is 0.162 e. The van der Waals surface area contributed by atoms with Crippen LogP contribution in [0.4, 0.5) is 5.69 Å². The fraction of sp³-hybridized carbons (Fsp3) is 0.625. The summed E-state index contributed by atoms with van der Waals surface area (Å²) in [7, 11) is 3.35. The molecule has 2 unspecified atom stereocenters. The number of methoxy groups -OCH3 is 2. The Hall–Kier alpha value is -1.42. The van der Waals surface area contributed by atoms with Crippen LogP contribution in [0, 0.1) is 11.8 Å². The predicted molar refractivity (Wildman–Crippen MR) is 83.0 cm³/mol. The highest BCUT2D eigenvalue weighted by Crippen LogP contribution is 2.32. The van der Waals surface area contributed by atoms with Crippen LogP contribution < -0.4 is 19.7 Å². The maximum absolute atomic E-state index is 5.41. The Kier molecular flexibility index (Phi) is 5.12. The van der Waals surface area contributed by atoms with Crippen LogP contribution in [0.15, 0.2) is 18.2 Å². The molecule has 1 heterocycles. The first kappa shape index (κ1) is 15.0. The van der Waals surface area contributed by atoms with E-state index in [1.54, 1.807) is 14.2 Å². The minimum Gasteiger partial charge on any atom is -0.493 e. The second kappa shape index (κ2) is 6.84. The van der Waals surface area contributed by atoms with Crippen molar-refractivity contribution in [1.29, 1.82) is 0 Å². The Labute approximate surface area is 122 Å². The zero-order valence-corrected chi connectivity index (χ0v) is 13.0. The average Bonchev–Trinajstić information content (AvgIpc) is 2.44. The van der Waals surface area contributed by atoms with E-state index < -0.39 is 0 Å². The lowest BCUT2D eigenvalue weighted by molar-refractivity contribution is 0.354. The molecule has 0 spiro atoms. The second-order valence-corrected chi connectivity index (χ2v) is 5.81. The molecule has 1 aromatic rings. The van der Waals surface area contributed by atoms with Gasteiger partial charge in [0.05, 0.1) is 14.2 Å². The zero-order chi connectivity index (χ0) is 14.5. The largest absolute Gasteiger partial charge is 0.493 e. The Morgan fingerprint density at radius 3 is 2.15 bits per heavy atom. The minimum atomic E-state index is 0.635. The van der Waals surface area contributed by atoms with Gasteiger partial charge in [-0.3, -0.25) is 0 Å². The normalized spacial score (nSPS) is 23.9. The molecule has 0 radical (unpaired) electrons. The lowest BCUT2D eigenvalue weighted by Crippen LogP contribution is -2.42. The monoisotopic (exact) mass is 278 g/mol. The van der Waals surface area contributed by atoms with Crippen molar-refractivity contribution in [3.05, 3.63) is 18.2 Å². The van der Waals surface area contributed by atoms with Gasteiger partial charge in [-0.05, 0) is 37.1 Å². The summed E-state index contributed by atoms with van der Waals surface area (Å²) in [6, 6.07) is 6.18. The number of hydrogen-bond donors (Lipinski definition) is 1. The first-order valence-electron chi connectivity index (χ1n) is 7.31. The van der Waals surface area contributed by atoms with Crippen LogP contribution in [-0.4, -0.2) is 40.4 Å². The van der Waals surface area contributed by atoms with Crippen LogP contribution >= 0.6 is 0 Å². The molecule has 0 aliphatic carbocycles. The van der Waals surface area contributed by atoms with E-state index in [2.05, 4.69) is 36.2 Å². The maximum atomic E-state index is 5.41. The zero-order valence-electron chi connectivity index (χ0n) is 13.0. The number of rotatable bonds is 3. The molecule has 2 rings (SSSR count). The van der Waals surface area contributed by atoms with Crippen molar-refractivity contribution in [3.8, 4) is 11.5 Å². The van der Waals surface area contributed by atoms with Crippen LogP contribution in [0.1, 0.15) is 13.8 Å². The van der Waals surface area contributed by atoms with Crippen molar-refractivity contribution >= 4 is 5.69 Å². The predicted octanol–water partition coefficient (Wildman–Crippen LogP) is 2.39. The summed E-state index contributed by atoms with van der Waals surface area (Å²) < 4.78 is 10.7. The Morgan fingerprint density at radius 2 is 1.60 bits per heavy atom. The highest BCUT2D eigenvalue weighted by atomic mass is 16.5. The number of hydrogen-bond acceptors (Lipinski definition) is 4. The van der Waals surface area contributed by atoms with Crippen LogP contribution in [0.5, 0.6) is 11.5 Å². The van der Waals surface area contributed by atoms with Crippen molar-refractivity contribution in [2.45, 2.75) is 13.8 Å². The summed E-state index contributed by atoms with van der Waals surface area (Å²) in [6.45, 7) is 8.86. The van der Waals surface area contributed by atoms with E-state index in [1.165, 1.54) is 5.69 Å². The fourth-order valence-corrected chi connectivity index (χ4v) is 2.76. The molecule has 1 aliphatic heterocycles. The van der Waals surface area contributed by atoms with Gasteiger partial charge < -0.3 is 19.7 Å². The lowest BCUT2D eigenvalue weighted by Gasteiger charge is -2.33. The molecule has 20 heavy (non-hydrogen) atoms. The van der Waals surface area contributed by atoms with Gasteiger partial charge in [0.15, 0.2) is 11.5 Å². The molecule has 0 bridgehead atoms. The first-order chi connectivity index (χ1) is 9.63. The molecule has 1 fully saturated rings. The van der Waals surface area contributed by atoms with Crippen molar-refractivity contribution in [2.24, 2.45) is 11.8 Å². The number of benzene rings is 1. The van der Waals surface area contributed by atoms with E-state index in [4.69, 9.17) is 9.47 Å². The smallest absolute Gasteiger partial charge is 0.162 e. The summed E-state index contributed by atoms with van der Waals surface area (Å²) in [5.74, 6) is 2.85. The van der Waals surface area contributed by atoms with Gasteiger partial charge in [-0.1, -0.05) is 13.8 Å². The second-order valence-electron chi connectivity index (χ2n) is 5.81. The SMILES string of the molecule is COc1ccc(N2CC(C)CNCC(C)C2)cc1OC. The highest BCUT2D eigenvalue weighted by molar-refractivity contribution is 5.56. The van der Waals surface area contributed by atoms with E-state index >= 15 is 0 Å². The molecule has 4 heteroatoms. The van der Waals surface area contributed by atoms with Crippen molar-refractivity contribution in [3.63, 3.8) is 0 Å². The number of ether oxygens (including phenoxy) is 2. The van der Waals surface area contributed by atoms with Crippen LogP contribution in [0.2, 0.25) is 0 Å². The topological polar surface area (TPSA) is 33.7 Å². The molecule has 2 atom stereocenters. The van der Waals surface area contributed by atoms with E-state index in [-0.39, 0.29) is 0 Å². The van der Waals surface area contributed by atoms with Gasteiger partial charge in [-0.15, -0.1) is 0 Å². The van der Waals surface area contributed by atoms with Gasteiger partial charge in [-0.2, -0.15) is 0 Å². The molecule has 0 amide bonds. The molecule has 1 saturated heterocycles. The van der Waals surface area contributed by atoms with Crippen molar-refractivity contribution in [2.75, 3.05) is 45.3 Å². The van der Waals surface area contributed by atoms with Gasteiger partial charge in [-0.25, -0.2) is 0 Å². The number of nitrogens with one attached hydrogen (secondary N) is 1. The summed E-state index contributed by atoms with van der Waals surface area (Å²) in [6.07, 6.45) is 0. The lowest BCUT2D eigenvalue weighted by atomic mass is 10.0. The highest BCUT2D eigenvalue weighted by Gasteiger charge is 2.18. The van der Waals surface area contributed by atoms with Gasteiger partial charge in [0.1, 0.15) is 0 Å². The van der Waals surface area contributed by atoms with E-state index in [9.17, 15) is 0 Å². The first-order valence-corrected chi connectivity index (χ1v) is 7.31. The summed E-state index contributed by atoms with van der Waals surface area (Å²) >= 11 is 0. The molecule has 112 valence electrons. The third-order valence-electron chi connectivity index (χ3n) is 3.78. The van der Waals surface area contributed by atoms with Crippen LogP contribution in [0.3, 0.4) is 0 Å². The minimum absolute atomic E-state index is 0.635. The Bertz CT molecular complexity index is 424. The molecule has 1 N–H and O–H groups in total. The van der Waals surface area contributed by atoms with Gasteiger partial charge in [0, 0.05) is 24.8 Å². The molecule has 1 aliphatic rings. The number of nitrogens with zero attached hydrogens (tertiary/aromatic N) is 1. The quantitative estimate of drug-likeness (QED) is 0.920. The standard InChI is InChI=1S/C16H26N2O2/c1-12-8-17-9-13(2)11-18(10-12)14-5-6-15(19-3)16(7-14)20-4/h5-7,12-13,17H,8-11H2,1-4H3. The van der Waals surface area contributed by atoms with Crippen molar-refractivity contribution < 1.29 is 9.47 Å². The van der Waals surface area contributed by atoms with Crippen LogP contribution in [0.25, 0.3) is 0 Å².